The van der Waals surface area contributed by atoms with Crippen molar-refractivity contribution in [3.8, 4) is 0 Å². The predicted octanol–water partition coefficient (Wildman–Crippen LogP) is 1.14. The Kier molecular flexibility index (Phi) is 6.85. The number of carboxylic acid groups (broad SMARTS) is 1. The fraction of sp³-hybridized carbons (Fsp3) is 0. The third-order valence-electron chi connectivity index (χ3n) is 1.22. The third kappa shape index (κ3) is 4.98. The molecule has 0 atom stereocenters. The van der Waals surface area contributed by atoms with Gasteiger partial charge in [-0.1, -0.05) is 30.3 Å². The van der Waals surface area contributed by atoms with Crippen molar-refractivity contribution in [3.63, 3.8) is 0 Å². The normalized spacial score (nSPS) is 9.33. The number of aliphatic carboxylic acids is 1. The summed E-state index contributed by atoms with van der Waals surface area (Å²) in [7, 11) is 0. The Bertz CT molecular complexity index is 267. The summed E-state index contributed by atoms with van der Waals surface area (Å²) < 4.78 is 0. The molecule has 2 nitrogen and oxygen atoms in total. The van der Waals surface area contributed by atoms with Crippen molar-refractivity contribution >= 4 is 70.2 Å². The molecule has 0 fully saturated rings. The average molecular weight is 235 g/mol. The van der Waals surface area contributed by atoms with Crippen LogP contribution in [0.5, 0.6) is 0 Å². The predicted molar refractivity (Wildman–Crippen MR) is 50.3 cm³/mol. The summed E-state index contributed by atoms with van der Waals surface area (Å²) in [6.07, 6.45) is 2.68. The van der Waals surface area contributed by atoms with Crippen LogP contribution >= 0.6 is 0 Å². The Balaban J connectivity index is 0.00000121. The molecule has 1 aromatic carbocycles. The van der Waals surface area contributed by atoms with Gasteiger partial charge in [-0.15, -0.1) is 0 Å². The van der Waals surface area contributed by atoms with Crippen LogP contribution in [0, 0.1) is 0 Å². The van der Waals surface area contributed by atoms with Crippen LogP contribution < -0.4 is 0 Å². The van der Waals surface area contributed by atoms with Gasteiger partial charge in [-0.2, -0.15) is 0 Å². The van der Waals surface area contributed by atoms with Gasteiger partial charge in [0.25, 0.3) is 0 Å². The van der Waals surface area contributed by atoms with E-state index >= 15 is 0 Å². The van der Waals surface area contributed by atoms with Crippen molar-refractivity contribution in [2.45, 2.75) is 0 Å². The molecule has 58 valence electrons. The van der Waals surface area contributed by atoms with Crippen molar-refractivity contribution in [1.29, 1.82) is 0 Å². The molecule has 0 aliphatic carbocycles. The molecule has 1 aromatic rings. The van der Waals surface area contributed by atoms with Gasteiger partial charge >= 0.3 is 64.2 Å². The minimum atomic E-state index is -0.922. The summed E-state index contributed by atoms with van der Waals surface area (Å²) in [5, 5.41) is 8.29. The zero-order valence-electron chi connectivity index (χ0n) is 5.90. The van der Waals surface area contributed by atoms with Gasteiger partial charge in [-0.25, -0.2) is 4.79 Å². The van der Waals surface area contributed by atoms with E-state index in [1.807, 2.05) is 30.3 Å². The number of hydrogen-bond acceptors (Lipinski definition) is 1. The molecule has 1 rings (SSSR count). The van der Waals surface area contributed by atoms with E-state index in [4.69, 9.17) is 5.11 Å². The van der Waals surface area contributed by atoms with Gasteiger partial charge in [-0.3, -0.25) is 0 Å². The number of rotatable bonds is 2. The van der Waals surface area contributed by atoms with E-state index in [1.54, 1.807) is 6.08 Å². The summed E-state index contributed by atoms with van der Waals surface area (Å²) >= 11 is 0. The standard InChI is InChI=1S/C9H8O2.Rb.H/c10-9(11)7-6-8-4-2-1-3-5-8;;/h1-7H,(H,10,11);;/b7-6+;;. The van der Waals surface area contributed by atoms with E-state index in [1.165, 1.54) is 0 Å². The average Bonchev–Trinajstić information content (AvgIpc) is 2.03. The summed E-state index contributed by atoms with van der Waals surface area (Å²) in [4.78, 5) is 10.1. The molecule has 12 heavy (non-hydrogen) atoms. The van der Waals surface area contributed by atoms with Crippen LogP contribution in [0.2, 0.25) is 0 Å². The van der Waals surface area contributed by atoms with Crippen LogP contribution in [0.25, 0.3) is 6.08 Å². The number of carboxylic acids is 1. The zero-order valence-corrected chi connectivity index (χ0v) is 5.90. The fourth-order valence-electron chi connectivity index (χ4n) is 0.732. The first-order valence-electron chi connectivity index (χ1n) is 3.25. The van der Waals surface area contributed by atoms with Crippen molar-refractivity contribution in [3.05, 3.63) is 42.0 Å². The summed E-state index contributed by atoms with van der Waals surface area (Å²) in [5.74, 6) is -0.922. The molecule has 0 spiro atoms. The number of carbonyl (C=O) groups is 1. The summed E-state index contributed by atoms with van der Waals surface area (Å²) in [5.41, 5.74) is 0.898. The monoisotopic (exact) mass is 234 g/mol. The van der Waals surface area contributed by atoms with Crippen molar-refractivity contribution in [2.75, 3.05) is 0 Å². The van der Waals surface area contributed by atoms with E-state index in [0.29, 0.717) is 0 Å². The Morgan fingerprint density at radius 2 is 1.83 bits per heavy atom. The maximum absolute atomic E-state index is 10.1. The number of hydrogen-bond donors (Lipinski definition) is 1. The van der Waals surface area contributed by atoms with E-state index in [9.17, 15) is 4.79 Å². The molecule has 0 aliphatic heterocycles. The first-order chi connectivity index (χ1) is 5.29. The molecule has 0 bridgehead atoms. The Labute approximate surface area is 120 Å². The molecular weight excluding hydrogens is 226 g/mol. The zero-order chi connectivity index (χ0) is 8.10. The molecular formula is C9H9O2Rb. The molecule has 3 heteroatoms. The fourth-order valence-corrected chi connectivity index (χ4v) is 0.732. The van der Waals surface area contributed by atoms with E-state index in [2.05, 4.69) is 0 Å². The summed E-state index contributed by atoms with van der Waals surface area (Å²) in [6, 6.07) is 9.31. The molecule has 1 N–H and O–H groups in total. The Morgan fingerprint density at radius 3 is 2.33 bits per heavy atom. The van der Waals surface area contributed by atoms with Crippen molar-refractivity contribution < 1.29 is 9.90 Å². The third-order valence-corrected chi connectivity index (χ3v) is 1.22. The van der Waals surface area contributed by atoms with Gasteiger partial charge < -0.3 is 5.11 Å². The molecule has 0 unspecified atom stereocenters. The molecule has 0 aliphatic rings. The minimum absolute atomic E-state index is 0. The van der Waals surface area contributed by atoms with Crippen molar-refractivity contribution in [1.82, 2.24) is 0 Å². The molecule has 0 saturated heterocycles. The molecule has 0 amide bonds. The van der Waals surface area contributed by atoms with Gasteiger partial charge in [0.1, 0.15) is 0 Å². The molecule has 0 saturated carbocycles. The number of benzene rings is 1. The van der Waals surface area contributed by atoms with Gasteiger partial charge in [0, 0.05) is 6.08 Å². The van der Waals surface area contributed by atoms with Crippen LogP contribution in [-0.2, 0) is 4.79 Å². The molecule has 0 heterocycles. The SMILES string of the molecule is O=C(O)/C=C/c1ccccc1.[RbH]. The van der Waals surface area contributed by atoms with Gasteiger partial charge in [0.05, 0.1) is 0 Å². The van der Waals surface area contributed by atoms with Crippen LogP contribution in [-0.4, -0.2) is 69.3 Å². The van der Waals surface area contributed by atoms with Crippen LogP contribution in [0.3, 0.4) is 0 Å². The Morgan fingerprint density at radius 1 is 1.25 bits per heavy atom. The topological polar surface area (TPSA) is 37.3 Å². The second-order valence-corrected chi connectivity index (χ2v) is 2.08. The van der Waals surface area contributed by atoms with Crippen LogP contribution in [0.4, 0.5) is 0 Å². The van der Waals surface area contributed by atoms with E-state index in [-0.39, 0.29) is 58.2 Å². The van der Waals surface area contributed by atoms with Gasteiger partial charge in [0.2, 0.25) is 0 Å². The van der Waals surface area contributed by atoms with Crippen LogP contribution in [0.15, 0.2) is 36.4 Å². The Hall–Kier alpha value is 0.235. The summed E-state index contributed by atoms with van der Waals surface area (Å²) in [6.45, 7) is 0. The molecule has 0 radical (unpaired) electrons. The quantitative estimate of drug-likeness (QED) is 0.779. The second kappa shape index (κ2) is 6.72. The van der Waals surface area contributed by atoms with Gasteiger partial charge in [-0.05, 0) is 11.6 Å². The van der Waals surface area contributed by atoms with E-state index < -0.39 is 5.97 Å². The first-order valence-corrected chi connectivity index (χ1v) is 3.25. The van der Waals surface area contributed by atoms with E-state index in [0.717, 1.165) is 11.6 Å². The van der Waals surface area contributed by atoms with Crippen LogP contribution in [0.1, 0.15) is 5.56 Å². The second-order valence-electron chi connectivity index (χ2n) is 2.08. The first kappa shape index (κ1) is 12.2. The van der Waals surface area contributed by atoms with Gasteiger partial charge in [0.15, 0.2) is 0 Å². The van der Waals surface area contributed by atoms with Crippen molar-refractivity contribution in [2.24, 2.45) is 0 Å². The maximum atomic E-state index is 10.1. The molecule has 0 aromatic heterocycles.